The molecule has 1 atom stereocenters. The van der Waals surface area contributed by atoms with Gasteiger partial charge in [0.05, 0.1) is 17.9 Å². The Kier molecular flexibility index (Phi) is 4.64. The molecule has 2 heterocycles. The lowest BCUT2D eigenvalue weighted by atomic mass is 9.86. The van der Waals surface area contributed by atoms with E-state index in [1.807, 2.05) is 30.7 Å². The molecular formula is C17H24N4O. The van der Waals surface area contributed by atoms with Crippen molar-refractivity contribution >= 4 is 5.91 Å². The highest BCUT2D eigenvalue weighted by Gasteiger charge is 2.27. The van der Waals surface area contributed by atoms with Crippen molar-refractivity contribution in [1.29, 1.82) is 0 Å². The van der Waals surface area contributed by atoms with E-state index in [9.17, 15) is 4.79 Å². The number of nitrogens with one attached hydrogen (secondary N) is 1. The largest absolute Gasteiger partial charge is 0.347 e. The standard InChI is InChI=1S/C17H24N4O/c1-12-8-14(9-19-13(12)2)16(22)20-15(17(3,4)5)10-21-7-6-18-11-21/h6-9,11,15H,10H2,1-5H3,(H,20,22)/t15-/m1/s1. The van der Waals surface area contributed by atoms with Crippen LogP contribution in [0.3, 0.4) is 0 Å². The van der Waals surface area contributed by atoms with Gasteiger partial charge in [-0.1, -0.05) is 20.8 Å². The lowest BCUT2D eigenvalue weighted by Gasteiger charge is -2.31. The first-order valence-electron chi connectivity index (χ1n) is 7.47. The van der Waals surface area contributed by atoms with Crippen LogP contribution < -0.4 is 5.32 Å². The fourth-order valence-corrected chi connectivity index (χ4v) is 2.15. The van der Waals surface area contributed by atoms with Crippen LogP contribution in [0.1, 0.15) is 42.4 Å². The minimum absolute atomic E-state index is 0.00388. The lowest BCUT2D eigenvalue weighted by molar-refractivity contribution is 0.0892. The van der Waals surface area contributed by atoms with Gasteiger partial charge in [0.15, 0.2) is 0 Å². The predicted molar refractivity (Wildman–Crippen MR) is 86.6 cm³/mol. The van der Waals surface area contributed by atoms with Crippen molar-refractivity contribution in [1.82, 2.24) is 19.9 Å². The van der Waals surface area contributed by atoms with Crippen molar-refractivity contribution in [3.05, 3.63) is 47.8 Å². The Morgan fingerprint density at radius 2 is 2.09 bits per heavy atom. The van der Waals surface area contributed by atoms with Gasteiger partial charge in [-0.3, -0.25) is 9.78 Å². The highest BCUT2D eigenvalue weighted by atomic mass is 16.1. The van der Waals surface area contributed by atoms with Gasteiger partial charge in [-0.15, -0.1) is 0 Å². The third-order valence-corrected chi connectivity index (χ3v) is 3.91. The van der Waals surface area contributed by atoms with Gasteiger partial charge in [-0.25, -0.2) is 4.98 Å². The second kappa shape index (κ2) is 6.30. The maximum absolute atomic E-state index is 12.5. The fourth-order valence-electron chi connectivity index (χ4n) is 2.15. The van der Waals surface area contributed by atoms with E-state index in [0.717, 1.165) is 11.3 Å². The molecule has 0 spiro atoms. The average molecular weight is 300 g/mol. The number of pyridine rings is 1. The molecule has 0 aliphatic rings. The molecule has 2 aromatic rings. The van der Waals surface area contributed by atoms with Crippen molar-refractivity contribution in [2.75, 3.05) is 0 Å². The van der Waals surface area contributed by atoms with Crippen LogP contribution in [-0.2, 0) is 6.54 Å². The Morgan fingerprint density at radius 3 is 2.64 bits per heavy atom. The lowest BCUT2D eigenvalue weighted by Crippen LogP contribution is -2.46. The van der Waals surface area contributed by atoms with Gasteiger partial charge >= 0.3 is 0 Å². The van der Waals surface area contributed by atoms with Crippen LogP contribution in [0.5, 0.6) is 0 Å². The topological polar surface area (TPSA) is 59.8 Å². The number of nitrogens with zero attached hydrogens (tertiary/aromatic N) is 3. The molecule has 0 fully saturated rings. The summed E-state index contributed by atoms with van der Waals surface area (Å²) in [6, 6.07) is 1.88. The van der Waals surface area contributed by atoms with Gasteiger partial charge in [-0.2, -0.15) is 0 Å². The summed E-state index contributed by atoms with van der Waals surface area (Å²) in [7, 11) is 0. The molecule has 0 aliphatic heterocycles. The third-order valence-electron chi connectivity index (χ3n) is 3.91. The number of carbonyl (C=O) groups is 1. The summed E-state index contributed by atoms with van der Waals surface area (Å²) in [4.78, 5) is 20.8. The number of aromatic nitrogens is 3. The van der Waals surface area contributed by atoms with E-state index in [-0.39, 0.29) is 17.4 Å². The fraction of sp³-hybridized carbons (Fsp3) is 0.471. The van der Waals surface area contributed by atoms with Crippen LogP contribution >= 0.6 is 0 Å². The zero-order valence-corrected chi connectivity index (χ0v) is 13.9. The number of hydrogen-bond acceptors (Lipinski definition) is 3. The zero-order valence-electron chi connectivity index (χ0n) is 13.9. The third kappa shape index (κ3) is 3.93. The van der Waals surface area contributed by atoms with Crippen molar-refractivity contribution in [3.8, 4) is 0 Å². The van der Waals surface area contributed by atoms with Crippen LogP contribution in [0.2, 0.25) is 0 Å². The molecule has 0 aliphatic carbocycles. The van der Waals surface area contributed by atoms with Gasteiger partial charge < -0.3 is 9.88 Å². The molecule has 5 heteroatoms. The van der Waals surface area contributed by atoms with Crippen molar-refractivity contribution < 1.29 is 4.79 Å². The first-order valence-corrected chi connectivity index (χ1v) is 7.47. The molecule has 22 heavy (non-hydrogen) atoms. The summed E-state index contributed by atoms with van der Waals surface area (Å²) in [5.74, 6) is -0.0874. The van der Waals surface area contributed by atoms with Gasteiger partial charge in [0.2, 0.25) is 0 Å². The Hall–Kier alpha value is -2.17. The van der Waals surface area contributed by atoms with Gasteiger partial charge in [0.25, 0.3) is 5.91 Å². The minimum Gasteiger partial charge on any atom is -0.347 e. The molecule has 0 unspecified atom stereocenters. The minimum atomic E-state index is -0.0874. The molecule has 0 saturated carbocycles. The number of carbonyl (C=O) groups excluding carboxylic acids is 1. The molecule has 1 N–H and O–H groups in total. The summed E-state index contributed by atoms with van der Waals surface area (Å²) < 4.78 is 1.98. The van der Waals surface area contributed by atoms with Gasteiger partial charge in [0, 0.05) is 30.8 Å². The molecule has 2 rings (SSSR count). The van der Waals surface area contributed by atoms with E-state index in [0.29, 0.717) is 12.1 Å². The zero-order chi connectivity index (χ0) is 16.3. The first kappa shape index (κ1) is 16.2. The Bertz CT molecular complexity index is 641. The van der Waals surface area contributed by atoms with Crippen LogP contribution in [0.25, 0.3) is 0 Å². The normalized spacial score (nSPS) is 13.0. The second-order valence-electron chi connectivity index (χ2n) is 6.78. The predicted octanol–water partition coefficient (Wildman–Crippen LogP) is 2.74. The Morgan fingerprint density at radius 1 is 1.36 bits per heavy atom. The Labute approximate surface area is 131 Å². The highest BCUT2D eigenvalue weighted by Crippen LogP contribution is 2.21. The summed E-state index contributed by atoms with van der Waals surface area (Å²) in [5, 5.41) is 3.13. The maximum Gasteiger partial charge on any atom is 0.253 e. The van der Waals surface area contributed by atoms with E-state index < -0.39 is 0 Å². The van der Waals surface area contributed by atoms with Crippen molar-refractivity contribution in [3.63, 3.8) is 0 Å². The molecule has 118 valence electrons. The summed E-state index contributed by atoms with van der Waals surface area (Å²) in [6.07, 6.45) is 7.05. The highest BCUT2D eigenvalue weighted by molar-refractivity contribution is 5.94. The summed E-state index contributed by atoms with van der Waals surface area (Å²) in [6.45, 7) is 10.9. The summed E-state index contributed by atoms with van der Waals surface area (Å²) in [5.41, 5.74) is 2.51. The Balaban J connectivity index is 2.15. The molecule has 0 radical (unpaired) electrons. The second-order valence-corrected chi connectivity index (χ2v) is 6.78. The number of aryl methyl sites for hydroxylation is 2. The molecule has 2 aromatic heterocycles. The van der Waals surface area contributed by atoms with E-state index in [2.05, 4.69) is 36.1 Å². The average Bonchev–Trinajstić information content (AvgIpc) is 2.93. The monoisotopic (exact) mass is 300 g/mol. The van der Waals surface area contributed by atoms with Gasteiger partial charge in [-0.05, 0) is 30.9 Å². The number of rotatable bonds is 4. The van der Waals surface area contributed by atoms with Crippen LogP contribution in [0, 0.1) is 19.3 Å². The van der Waals surface area contributed by atoms with Crippen LogP contribution in [0.4, 0.5) is 0 Å². The van der Waals surface area contributed by atoms with Gasteiger partial charge in [0.1, 0.15) is 0 Å². The molecule has 1 amide bonds. The SMILES string of the molecule is Cc1cc(C(=O)N[C@H](Cn2ccnc2)C(C)(C)C)cnc1C. The quantitative estimate of drug-likeness (QED) is 0.944. The smallest absolute Gasteiger partial charge is 0.253 e. The maximum atomic E-state index is 12.5. The molecule has 5 nitrogen and oxygen atoms in total. The molecule has 0 saturated heterocycles. The van der Waals surface area contributed by atoms with E-state index in [1.165, 1.54) is 0 Å². The van der Waals surface area contributed by atoms with E-state index >= 15 is 0 Å². The number of amides is 1. The molecule has 0 aromatic carbocycles. The van der Waals surface area contributed by atoms with Crippen molar-refractivity contribution in [2.45, 2.75) is 47.2 Å². The molecule has 0 bridgehead atoms. The van der Waals surface area contributed by atoms with Crippen LogP contribution in [-0.4, -0.2) is 26.5 Å². The molecular weight excluding hydrogens is 276 g/mol. The number of hydrogen-bond donors (Lipinski definition) is 1. The van der Waals surface area contributed by atoms with Crippen molar-refractivity contribution in [2.24, 2.45) is 5.41 Å². The number of imidazole rings is 1. The summed E-state index contributed by atoms with van der Waals surface area (Å²) >= 11 is 0. The van der Waals surface area contributed by atoms with Crippen LogP contribution in [0.15, 0.2) is 31.0 Å². The first-order chi connectivity index (χ1) is 10.3. The van der Waals surface area contributed by atoms with E-state index in [4.69, 9.17) is 0 Å². The van der Waals surface area contributed by atoms with E-state index in [1.54, 1.807) is 18.7 Å².